The Morgan fingerprint density at radius 2 is 2.07 bits per heavy atom. The Hall–Kier alpha value is -3.11. The molecule has 7 nitrogen and oxygen atoms in total. The van der Waals surface area contributed by atoms with Gasteiger partial charge in [-0.1, -0.05) is 12.1 Å². The molecule has 7 heteroatoms. The molecule has 150 valence electrons. The summed E-state index contributed by atoms with van der Waals surface area (Å²) in [4.78, 5) is 13.7. The van der Waals surface area contributed by atoms with Crippen molar-refractivity contribution in [2.24, 2.45) is 0 Å². The van der Waals surface area contributed by atoms with E-state index in [-0.39, 0.29) is 0 Å². The second-order valence-electron chi connectivity index (χ2n) is 7.67. The standard InChI is InChI=1S/C22H27N7/c1-4-29-19-8-6-5-7-18(19)26-21(29)17(13-23)20-15(2)14-24-22(27-20)25-16-9-11-28(3)12-10-16/h5-8,14,16,26H,4,9-12H2,1-3H3,(H,24,25,27). The number of nitrogens with zero attached hydrogens (tertiary/aromatic N) is 5. The van der Waals surface area contributed by atoms with E-state index in [9.17, 15) is 5.26 Å². The SMILES string of the molecule is CCN1C(=C(C#N)c2nc(NC3CCN(C)CC3)ncc2C)Nc2ccccc21. The van der Waals surface area contributed by atoms with Gasteiger partial charge in [0.25, 0.3) is 0 Å². The Morgan fingerprint density at radius 1 is 1.31 bits per heavy atom. The molecular weight excluding hydrogens is 362 g/mol. The van der Waals surface area contributed by atoms with Gasteiger partial charge in [-0.05, 0) is 64.5 Å². The van der Waals surface area contributed by atoms with Crippen LogP contribution in [0.3, 0.4) is 0 Å². The Balaban J connectivity index is 1.67. The minimum atomic E-state index is 0.362. The van der Waals surface area contributed by atoms with E-state index < -0.39 is 0 Å². The Bertz CT molecular complexity index is 967. The number of nitriles is 1. The monoisotopic (exact) mass is 389 g/mol. The number of para-hydroxylation sites is 2. The van der Waals surface area contributed by atoms with Gasteiger partial charge in [0.05, 0.1) is 17.1 Å². The molecule has 29 heavy (non-hydrogen) atoms. The Kier molecular flexibility index (Phi) is 5.36. The van der Waals surface area contributed by atoms with Gasteiger partial charge in [0.1, 0.15) is 17.5 Å². The normalized spacial score (nSPS) is 18.8. The van der Waals surface area contributed by atoms with Crippen LogP contribution in [0.1, 0.15) is 31.0 Å². The number of anilines is 3. The number of fused-ring (bicyclic) bond motifs is 1. The second kappa shape index (κ2) is 8.10. The van der Waals surface area contributed by atoms with Crippen LogP contribution in [-0.4, -0.2) is 47.6 Å². The number of piperidine rings is 1. The summed E-state index contributed by atoms with van der Waals surface area (Å²) >= 11 is 0. The van der Waals surface area contributed by atoms with Crippen molar-refractivity contribution in [1.82, 2.24) is 14.9 Å². The molecule has 1 saturated heterocycles. The molecular formula is C22H27N7. The molecule has 0 unspecified atom stereocenters. The van der Waals surface area contributed by atoms with E-state index in [1.165, 1.54) is 0 Å². The number of aryl methyl sites for hydroxylation is 1. The smallest absolute Gasteiger partial charge is 0.223 e. The number of likely N-dealkylation sites (tertiary alicyclic amines) is 1. The van der Waals surface area contributed by atoms with Gasteiger partial charge >= 0.3 is 0 Å². The largest absolute Gasteiger partial charge is 0.351 e. The molecule has 0 radical (unpaired) electrons. The van der Waals surface area contributed by atoms with Gasteiger partial charge in [-0.2, -0.15) is 5.26 Å². The number of allylic oxidation sites excluding steroid dienone is 1. The third kappa shape index (κ3) is 3.76. The van der Waals surface area contributed by atoms with Gasteiger partial charge in [0, 0.05) is 18.8 Å². The zero-order valence-electron chi connectivity index (χ0n) is 17.2. The minimum absolute atomic E-state index is 0.362. The number of hydrogen-bond donors (Lipinski definition) is 2. The van der Waals surface area contributed by atoms with Crippen molar-refractivity contribution in [3.63, 3.8) is 0 Å². The highest BCUT2D eigenvalue weighted by atomic mass is 15.3. The first-order chi connectivity index (χ1) is 14.1. The Labute approximate surface area is 172 Å². The molecule has 2 aliphatic rings. The van der Waals surface area contributed by atoms with Crippen LogP contribution >= 0.6 is 0 Å². The maximum Gasteiger partial charge on any atom is 0.223 e. The van der Waals surface area contributed by atoms with E-state index in [0.717, 1.165) is 55.2 Å². The molecule has 2 aliphatic heterocycles. The van der Waals surface area contributed by atoms with Crippen LogP contribution in [0, 0.1) is 18.3 Å². The molecule has 0 spiro atoms. The molecule has 0 saturated carbocycles. The zero-order chi connectivity index (χ0) is 20.4. The van der Waals surface area contributed by atoms with Gasteiger partial charge < -0.3 is 20.4 Å². The first kappa shape index (κ1) is 19.2. The van der Waals surface area contributed by atoms with Crippen molar-refractivity contribution >= 4 is 22.9 Å². The van der Waals surface area contributed by atoms with E-state index >= 15 is 0 Å². The van der Waals surface area contributed by atoms with Crippen LogP contribution in [0.4, 0.5) is 17.3 Å². The second-order valence-corrected chi connectivity index (χ2v) is 7.67. The van der Waals surface area contributed by atoms with E-state index in [2.05, 4.69) is 51.5 Å². The molecule has 1 fully saturated rings. The van der Waals surface area contributed by atoms with E-state index in [1.807, 2.05) is 25.1 Å². The van der Waals surface area contributed by atoms with E-state index in [4.69, 9.17) is 4.98 Å². The lowest BCUT2D eigenvalue weighted by Crippen LogP contribution is -2.37. The highest BCUT2D eigenvalue weighted by Crippen LogP contribution is 2.38. The summed E-state index contributed by atoms with van der Waals surface area (Å²) < 4.78 is 0. The fraction of sp³-hybridized carbons (Fsp3) is 0.409. The number of rotatable bonds is 4. The maximum atomic E-state index is 10.0. The fourth-order valence-corrected chi connectivity index (χ4v) is 3.97. The van der Waals surface area contributed by atoms with Crippen molar-refractivity contribution in [2.45, 2.75) is 32.7 Å². The van der Waals surface area contributed by atoms with Gasteiger partial charge in [0.15, 0.2) is 0 Å². The van der Waals surface area contributed by atoms with Crippen LogP contribution < -0.4 is 15.5 Å². The molecule has 0 aliphatic carbocycles. The number of aromatic nitrogens is 2. The summed E-state index contributed by atoms with van der Waals surface area (Å²) in [6.45, 7) is 6.92. The minimum Gasteiger partial charge on any atom is -0.351 e. The molecule has 0 amide bonds. The number of nitrogens with one attached hydrogen (secondary N) is 2. The summed E-state index contributed by atoms with van der Waals surface area (Å²) in [5.41, 5.74) is 4.18. The average molecular weight is 390 g/mol. The van der Waals surface area contributed by atoms with Crippen LogP contribution in [0.15, 0.2) is 36.3 Å². The third-order valence-electron chi connectivity index (χ3n) is 5.64. The van der Waals surface area contributed by atoms with Gasteiger partial charge in [-0.25, -0.2) is 9.97 Å². The molecule has 2 aromatic rings. The third-order valence-corrected chi connectivity index (χ3v) is 5.64. The maximum absolute atomic E-state index is 10.0. The molecule has 3 heterocycles. The van der Waals surface area contributed by atoms with Crippen LogP contribution in [-0.2, 0) is 0 Å². The van der Waals surface area contributed by atoms with Gasteiger partial charge in [-0.15, -0.1) is 0 Å². The first-order valence-electron chi connectivity index (χ1n) is 10.2. The quantitative estimate of drug-likeness (QED) is 0.776. The molecule has 0 bridgehead atoms. The van der Waals surface area contributed by atoms with Crippen molar-refractivity contribution in [3.8, 4) is 6.07 Å². The van der Waals surface area contributed by atoms with Crippen molar-refractivity contribution in [1.29, 1.82) is 5.26 Å². The summed E-state index contributed by atoms with van der Waals surface area (Å²) in [6, 6.07) is 10.8. The number of benzene rings is 1. The van der Waals surface area contributed by atoms with Crippen LogP contribution in [0.5, 0.6) is 0 Å². The van der Waals surface area contributed by atoms with Crippen molar-refractivity contribution in [2.75, 3.05) is 42.2 Å². The van der Waals surface area contributed by atoms with Crippen molar-refractivity contribution < 1.29 is 0 Å². The topological polar surface area (TPSA) is 80.1 Å². The predicted molar refractivity (Wildman–Crippen MR) is 117 cm³/mol. The summed E-state index contributed by atoms with van der Waals surface area (Å²) in [7, 11) is 2.15. The van der Waals surface area contributed by atoms with Crippen molar-refractivity contribution in [3.05, 3.63) is 47.5 Å². The Morgan fingerprint density at radius 3 is 2.79 bits per heavy atom. The fourth-order valence-electron chi connectivity index (χ4n) is 3.97. The lowest BCUT2D eigenvalue weighted by atomic mass is 10.1. The molecule has 4 rings (SSSR count). The molecule has 1 aromatic heterocycles. The highest BCUT2D eigenvalue weighted by molar-refractivity contribution is 5.91. The first-order valence-corrected chi connectivity index (χ1v) is 10.2. The number of hydrogen-bond acceptors (Lipinski definition) is 7. The average Bonchev–Trinajstić information content (AvgIpc) is 3.11. The van der Waals surface area contributed by atoms with Crippen LogP contribution in [0.25, 0.3) is 5.57 Å². The predicted octanol–water partition coefficient (Wildman–Crippen LogP) is 3.44. The summed E-state index contributed by atoms with van der Waals surface area (Å²) in [6.07, 6.45) is 3.93. The summed E-state index contributed by atoms with van der Waals surface area (Å²) in [5.74, 6) is 1.37. The molecule has 1 aromatic carbocycles. The van der Waals surface area contributed by atoms with E-state index in [0.29, 0.717) is 23.3 Å². The lowest BCUT2D eigenvalue weighted by molar-refractivity contribution is 0.263. The van der Waals surface area contributed by atoms with E-state index in [1.54, 1.807) is 6.20 Å². The zero-order valence-corrected chi connectivity index (χ0v) is 17.2. The highest BCUT2D eigenvalue weighted by Gasteiger charge is 2.27. The lowest BCUT2D eigenvalue weighted by Gasteiger charge is -2.29. The summed E-state index contributed by atoms with van der Waals surface area (Å²) in [5, 5.41) is 16.9. The molecule has 0 atom stereocenters. The molecule has 2 N–H and O–H groups in total. The van der Waals surface area contributed by atoms with Gasteiger partial charge in [-0.3, -0.25) is 0 Å². The van der Waals surface area contributed by atoms with Crippen LogP contribution in [0.2, 0.25) is 0 Å². The van der Waals surface area contributed by atoms with Gasteiger partial charge in [0.2, 0.25) is 5.95 Å².